The molecule has 1 heterocycles. The predicted octanol–water partition coefficient (Wildman–Crippen LogP) is 4.21. The zero-order chi connectivity index (χ0) is 22.2. The Kier molecular flexibility index (Phi) is 7.97. The highest BCUT2D eigenvalue weighted by Gasteiger charge is 2.25. The van der Waals surface area contributed by atoms with Crippen LogP contribution in [0.3, 0.4) is 0 Å². The Labute approximate surface area is 188 Å². The van der Waals surface area contributed by atoms with Gasteiger partial charge in [-0.05, 0) is 39.2 Å². The number of aromatic nitrogens is 1. The lowest BCUT2D eigenvalue weighted by molar-refractivity contribution is 0.0695. The summed E-state index contributed by atoms with van der Waals surface area (Å²) in [5, 5.41) is 9.49. The number of nitrogens with zero attached hydrogens (tertiary/aromatic N) is 2. The molecule has 0 saturated carbocycles. The van der Waals surface area contributed by atoms with E-state index in [0.717, 1.165) is 11.1 Å². The summed E-state index contributed by atoms with van der Waals surface area (Å²) < 4.78 is 25.0. The number of aliphatic hydroxyl groups excluding tert-OH is 1. The fourth-order valence-corrected chi connectivity index (χ4v) is 3.36. The van der Waals surface area contributed by atoms with Crippen molar-refractivity contribution in [1.82, 2.24) is 9.88 Å². The third-order valence-corrected chi connectivity index (χ3v) is 4.91. The molecule has 0 unspecified atom stereocenters. The number of hydrogen-bond donors (Lipinski definition) is 1. The Morgan fingerprint density at radius 1 is 1.13 bits per heavy atom. The zero-order valence-electron chi connectivity index (χ0n) is 16.9. The van der Waals surface area contributed by atoms with Crippen LogP contribution in [0.4, 0.5) is 4.39 Å². The number of ether oxygens (including phenoxy) is 2. The van der Waals surface area contributed by atoms with E-state index in [0.29, 0.717) is 10.4 Å². The summed E-state index contributed by atoms with van der Waals surface area (Å²) in [6.45, 7) is 0.232. The average molecular weight is 489 g/mol. The van der Waals surface area contributed by atoms with E-state index in [1.165, 1.54) is 24.1 Å². The van der Waals surface area contributed by atoms with E-state index in [4.69, 9.17) is 9.47 Å². The van der Waals surface area contributed by atoms with Crippen LogP contribution in [-0.2, 0) is 13.2 Å². The van der Waals surface area contributed by atoms with Crippen LogP contribution in [0.2, 0.25) is 0 Å². The van der Waals surface area contributed by atoms with E-state index in [1.54, 1.807) is 18.2 Å². The van der Waals surface area contributed by atoms with Gasteiger partial charge in [0.2, 0.25) is 0 Å². The normalized spacial score (nSPS) is 10.6. The summed E-state index contributed by atoms with van der Waals surface area (Å²) in [6, 6.07) is 17.0. The molecule has 6 nitrogen and oxygen atoms in total. The molecule has 0 atom stereocenters. The van der Waals surface area contributed by atoms with Crippen LogP contribution >= 0.6 is 15.9 Å². The van der Waals surface area contributed by atoms with Gasteiger partial charge in [0.05, 0.1) is 13.7 Å². The fourth-order valence-electron chi connectivity index (χ4n) is 2.98. The summed E-state index contributed by atoms with van der Waals surface area (Å²) >= 11 is 3.31. The summed E-state index contributed by atoms with van der Waals surface area (Å²) in [6.07, 6.45) is 0. The molecule has 3 rings (SSSR count). The highest BCUT2D eigenvalue weighted by molar-refractivity contribution is 9.10. The van der Waals surface area contributed by atoms with Crippen LogP contribution in [-0.4, -0.2) is 41.2 Å². The number of carbonyl (C=O) groups excluding carboxylic acids is 1. The van der Waals surface area contributed by atoms with Gasteiger partial charge in [-0.15, -0.1) is 0 Å². The number of benzene rings is 2. The first-order valence-electron chi connectivity index (χ1n) is 9.57. The molecule has 0 aliphatic heterocycles. The van der Waals surface area contributed by atoms with E-state index >= 15 is 0 Å². The summed E-state index contributed by atoms with van der Waals surface area (Å²) in [7, 11) is 1.48. The predicted molar refractivity (Wildman–Crippen MR) is 117 cm³/mol. The smallest absolute Gasteiger partial charge is 0.276 e. The van der Waals surface area contributed by atoms with Gasteiger partial charge in [0, 0.05) is 19.2 Å². The number of amides is 1. The van der Waals surface area contributed by atoms with Crippen molar-refractivity contribution in [2.45, 2.75) is 13.2 Å². The standard InChI is InChI=1S/C23H22BrFN2O4/c1-30-19-13-20(24)26-21(22(19)31-15-17-5-3-2-4-6-17)23(29)27(11-12-28)14-16-7-9-18(25)10-8-16/h2-10,13,28H,11-12,14-15H2,1H3. The molecule has 0 spiro atoms. The lowest BCUT2D eigenvalue weighted by Gasteiger charge is -2.23. The molecule has 31 heavy (non-hydrogen) atoms. The number of halogens is 2. The van der Waals surface area contributed by atoms with E-state index in [2.05, 4.69) is 20.9 Å². The second-order valence-corrected chi connectivity index (χ2v) is 7.49. The van der Waals surface area contributed by atoms with Crippen LogP contribution in [0.25, 0.3) is 0 Å². The lowest BCUT2D eigenvalue weighted by atomic mass is 10.2. The van der Waals surface area contributed by atoms with Gasteiger partial charge >= 0.3 is 0 Å². The maximum Gasteiger partial charge on any atom is 0.276 e. The molecule has 2 aromatic carbocycles. The molecule has 1 aromatic heterocycles. The van der Waals surface area contributed by atoms with Crippen LogP contribution in [0.15, 0.2) is 65.3 Å². The van der Waals surface area contributed by atoms with Gasteiger partial charge in [0.15, 0.2) is 17.2 Å². The van der Waals surface area contributed by atoms with E-state index in [1.807, 2.05) is 30.3 Å². The zero-order valence-corrected chi connectivity index (χ0v) is 18.5. The number of hydrogen-bond acceptors (Lipinski definition) is 5. The van der Waals surface area contributed by atoms with E-state index in [-0.39, 0.29) is 43.6 Å². The Hall–Kier alpha value is -2.97. The Morgan fingerprint density at radius 2 is 1.84 bits per heavy atom. The lowest BCUT2D eigenvalue weighted by Crippen LogP contribution is -2.34. The highest BCUT2D eigenvalue weighted by Crippen LogP contribution is 2.34. The Balaban J connectivity index is 1.92. The van der Waals surface area contributed by atoms with Gasteiger partial charge in [0.1, 0.15) is 17.0 Å². The SMILES string of the molecule is COc1cc(Br)nc(C(=O)N(CCO)Cc2ccc(F)cc2)c1OCc1ccccc1. The second kappa shape index (κ2) is 10.9. The minimum absolute atomic E-state index is 0.0534. The van der Waals surface area contributed by atoms with Crippen LogP contribution in [0.5, 0.6) is 11.5 Å². The third-order valence-electron chi connectivity index (χ3n) is 4.50. The van der Waals surface area contributed by atoms with Gasteiger partial charge in [-0.25, -0.2) is 9.37 Å². The molecule has 162 valence electrons. The topological polar surface area (TPSA) is 71.9 Å². The minimum Gasteiger partial charge on any atom is -0.493 e. The second-order valence-electron chi connectivity index (χ2n) is 6.68. The maximum atomic E-state index is 13.4. The third kappa shape index (κ3) is 6.02. The first kappa shape index (κ1) is 22.7. The van der Waals surface area contributed by atoms with Crippen LogP contribution in [0.1, 0.15) is 21.6 Å². The summed E-state index contributed by atoms with van der Waals surface area (Å²) in [5.74, 6) is -0.242. The summed E-state index contributed by atoms with van der Waals surface area (Å²) in [4.78, 5) is 19.1. The van der Waals surface area contributed by atoms with Gasteiger partial charge < -0.3 is 19.5 Å². The Morgan fingerprint density at radius 3 is 2.48 bits per heavy atom. The first-order chi connectivity index (χ1) is 15.0. The van der Waals surface area contributed by atoms with Crippen LogP contribution in [0, 0.1) is 5.82 Å². The fraction of sp³-hybridized carbons (Fsp3) is 0.217. The molecule has 0 aliphatic rings. The summed E-state index contributed by atoms with van der Waals surface area (Å²) in [5.41, 5.74) is 1.69. The van der Waals surface area contributed by atoms with Crippen molar-refractivity contribution in [3.05, 3.63) is 87.9 Å². The van der Waals surface area contributed by atoms with Crippen molar-refractivity contribution >= 4 is 21.8 Å². The molecular weight excluding hydrogens is 467 g/mol. The molecule has 8 heteroatoms. The van der Waals surface area contributed by atoms with Gasteiger partial charge in [0.25, 0.3) is 5.91 Å². The number of carbonyl (C=O) groups is 1. The molecule has 0 bridgehead atoms. The van der Waals surface area contributed by atoms with Crippen molar-refractivity contribution in [1.29, 1.82) is 0 Å². The molecular formula is C23H22BrFN2O4. The Bertz CT molecular complexity index is 1020. The largest absolute Gasteiger partial charge is 0.493 e. The molecule has 1 amide bonds. The van der Waals surface area contributed by atoms with Crippen molar-refractivity contribution in [2.24, 2.45) is 0 Å². The maximum absolute atomic E-state index is 13.4. The molecule has 0 aliphatic carbocycles. The molecule has 3 aromatic rings. The quantitative estimate of drug-likeness (QED) is 0.457. The van der Waals surface area contributed by atoms with Gasteiger partial charge in [-0.3, -0.25) is 4.79 Å². The molecule has 1 N–H and O–H groups in total. The van der Waals surface area contributed by atoms with E-state index in [9.17, 15) is 14.3 Å². The monoisotopic (exact) mass is 488 g/mol. The molecule has 0 radical (unpaired) electrons. The molecule has 0 saturated heterocycles. The van der Waals surface area contributed by atoms with Gasteiger partial charge in [-0.2, -0.15) is 0 Å². The number of aliphatic hydroxyl groups is 1. The van der Waals surface area contributed by atoms with Crippen molar-refractivity contribution in [2.75, 3.05) is 20.3 Å². The van der Waals surface area contributed by atoms with Crippen molar-refractivity contribution < 1.29 is 23.8 Å². The average Bonchev–Trinajstić information content (AvgIpc) is 2.79. The number of rotatable bonds is 9. The minimum atomic E-state index is -0.443. The van der Waals surface area contributed by atoms with Crippen LogP contribution < -0.4 is 9.47 Å². The van der Waals surface area contributed by atoms with Crippen molar-refractivity contribution in [3.8, 4) is 11.5 Å². The number of methoxy groups -OCH3 is 1. The van der Waals surface area contributed by atoms with E-state index < -0.39 is 5.91 Å². The first-order valence-corrected chi connectivity index (χ1v) is 10.4. The van der Waals surface area contributed by atoms with Crippen molar-refractivity contribution in [3.63, 3.8) is 0 Å². The number of pyridine rings is 1. The molecule has 0 fully saturated rings. The van der Waals surface area contributed by atoms with Gasteiger partial charge in [-0.1, -0.05) is 42.5 Å². The highest BCUT2D eigenvalue weighted by atomic mass is 79.9.